The van der Waals surface area contributed by atoms with E-state index in [2.05, 4.69) is 30.9 Å². The fraction of sp³-hybridized carbons (Fsp3) is 0.214. The van der Waals surface area contributed by atoms with Crippen molar-refractivity contribution in [2.75, 3.05) is 25.0 Å². The molecule has 3 aromatic heterocycles. The molecule has 6 rings (SSSR count). The number of nitrogens with zero attached hydrogens (tertiary/aromatic N) is 6. The standard InChI is InChI=1S/C28H25FN8O2/c1-30-27(38)18-6-8-21-17(14-18)10-13-33-25(21)36(20-4-2-11-31-16-20)28(39)22-9-7-19(15-23(22)29)37-26-24(34-35-37)5-3-12-32-26/h3,5-10,12-15,20,31H,2,4,11,16H2,1H3,(H,30,38)/t20-/m1/s1. The SMILES string of the molecule is CNC(=O)c1ccc2c(N(C(=O)c3ccc(-n4nnc5cccnc54)cc3F)[C@@H]3CCCNC3)nccc2c1. The molecule has 1 aliphatic rings. The number of pyridine rings is 2. The van der Waals surface area contributed by atoms with Gasteiger partial charge in [0, 0.05) is 43.0 Å². The van der Waals surface area contributed by atoms with Crippen LogP contribution in [-0.2, 0) is 0 Å². The van der Waals surface area contributed by atoms with E-state index in [1.165, 1.54) is 16.8 Å². The minimum Gasteiger partial charge on any atom is -0.355 e. The first kappa shape index (κ1) is 24.6. The van der Waals surface area contributed by atoms with E-state index >= 15 is 4.39 Å². The van der Waals surface area contributed by atoms with E-state index in [0.29, 0.717) is 40.2 Å². The zero-order valence-corrected chi connectivity index (χ0v) is 21.1. The molecule has 2 amide bonds. The number of benzene rings is 2. The van der Waals surface area contributed by atoms with E-state index in [1.807, 2.05) is 0 Å². The highest BCUT2D eigenvalue weighted by atomic mass is 19.1. The summed E-state index contributed by atoms with van der Waals surface area (Å²) < 4.78 is 17.1. The van der Waals surface area contributed by atoms with Crippen molar-refractivity contribution in [2.45, 2.75) is 18.9 Å². The first-order valence-corrected chi connectivity index (χ1v) is 12.7. The number of nitrogens with one attached hydrogen (secondary N) is 2. The monoisotopic (exact) mass is 524 g/mol. The fourth-order valence-corrected chi connectivity index (χ4v) is 5.01. The molecule has 1 saturated heterocycles. The molecule has 10 nitrogen and oxygen atoms in total. The lowest BCUT2D eigenvalue weighted by Gasteiger charge is -2.34. The lowest BCUT2D eigenvalue weighted by atomic mass is 10.0. The van der Waals surface area contributed by atoms with Crippen LogP contribution in [-0.4, -0.2) is 63.0 Å². The predicted octanol–water partition coefficient (Wildman–Crippen LogP) is 3.26. The first-order valence-electron chi connectivity index (χ1n) is 12.7. The molecule has 0 radical (unpaired) electrons. The predicted molar refractivity (Wildman–Crippen MR) is 144 cm³/mol. The van der Waals surface area contributed by atoms with Gasteiger partial charge in [-0.3, -0.25) is 14.5 Å². The Morgan fingerprint density at radius 3 is 2.79 bits per heavy atom. The molecule has 0 bridgehead atoms. The summed E-state index contributed by atoms with van der Waals surface area (Å²) in [5.41, 5.74) is 1.89. The summed E-state index contributed by atoms with van der Waals surface area (Å²) in [7, 11) is 1.57. The maximum Gasteiger partial charge on any atom is 0.262 e. The van der Waals surface area contributed by atoms with E-state index in [4.69, 9.17) is 0 Å². The number of hydrogen-bond acceptors (Lipinski definition) is 7. The topological polar surface area (TPSA) is 118 Å². The molecule has 0 spiro atoms. The Balaban J connectivity index is 1.42. The molecule has 0 aliphatic carbocycles. The Morgan fingerprint density at radius 2 is 2.00 bits per heavy atom. The number of aromatic nitrogens is 5. The van der Waals surface area contributed by atoms with Crippen LogP contribution in [0.1, 0.15) is 33.6 Å². The van der Waals surface area contributed by atoms with E-state index in [0.717, 1.165) is 24.8 Å². The molecule has 196 valence electrons. The Bertz CT molecular complexity index is 1710. The number of halogens is 1. The van der Waals surface area contributed by atoms with Gasteiger partial charge in [0.2, 0.25) is 0 Å². The quantitative estimate of drug-likeness (QED) is 0.362. The van der Waals surface area contributed by atoms with Crippen molar-refractivity contribution >= 4 is 39.6 Å². The fourth-order valence-electron chi connectivity index (χ4n) is 5.01. The van der Waals surface area contributed by atoms with Crippen molar-refractivity contribution in [3.8, 4) is 5.69 Å². The molecule has 1 fully saturated rings. The van der Waals surface area contributed by atoms with Crippen LogP contribution in [0.15, 0.2) is 67.0 Å². The molecule has 2 aromatic carbocycles. The lowest BCUT2D eigenvalue weighted by Crippen LogP contribution is -2.49. The van der Waals surface area contributed by atoms with Crippen LogP contribution in [0.2, 0.25) is 0 Å². The number of carbonyl (C=O) groups is 2. The molecular weight excluding hydrogens is 499 g/mol. The molecular formula is C28H25FN8O2. The minimum absolute atomic E-state index is 0.0810. The molecule has 11 heteroatoms. The van der Waals surface area contributed by atoms with Gasteiger partial charge in [-0.15, -0.1) is 5.10 Å². The van der Waals surface area contributed by atoms with Gasteiger partial charge in [0.05, 0.1) is 17.3 Å². The molecule has 5 aromatic rings. The maximum atomic E-state index is 15.6. The van der Waals surface area contributed by atoms with Crippen molar-refractivity contribution in [3.63, 3.8) is 0 Å². The highest BCUT2D eigenvalue weighted by molar-refractivity contribution is 6.11. The van der Waals surface area contributed by atoms with Crippen molar-refractivity contribution in [2.24, 2.45) is 0 Å². The van der Waals surface area contributed by atoms with E-state index in [1.54, 1.807) is 66.8 Å². The molecule has 1 aliphatic heterocycles. The largest absolute Gasteiger partial charge is 0.355 e. The van der Waals surface area contributed by atoms with Gasteiger partial charge in [-0.25, -0.2) is 14.4 Å². The summed E-state index contributed by atoms with van der Waals surface area (Å²) in [5, 5.41) is 15.6. The van der Waals surface area contributed by atoms with Crippen LogP contribution in [0.25, 0.3) is 27.6 Å². The summed E-state index contributed by atoms with van der Waals surface area (Å²) in [6, 6.07) is 14.7. The Labute approximate surface area is 222 Å². The van der Waals surface area contributed by atoms with E-state index < -0.39 is 11.7 Å². The smallest absolute Gasteiger partial charge is 0.262 e. The molecule has 2 N–H and O–H groups in total. The molecule has 4 heterocycles. The number of anilines is 1. The second kappa shape index (κ2) is 10.2. The summed E-state index contributed by atoms with van der Waals surface area (Å²) in [4.78, 5) is 36.7. The number of amides is 2. The van der Waals surface area contributed by atoms with Gasteiger partial charge in [-0.05, 0) is 73.3 Å². The lowest BCUT2D eigenvalue weighted by molar-refractivity contribution is 0.0956. The third-order valence-corrected chi connectivity index (χ3v) is 6.95. The highest BCUT2D eigenvalue weighted by Crippen LogP contribution is 2.31. The first-order chi connectivity index (χ1) is 19.0. The van der Waals surface area contributed by atoms with Gasteiger partial charge in [-0.2, -0.15) is 4.68 Å². The molecule has 39 heavy (non-hydrogen) atoms. The third kappa shape index (κ3) is 4.46. The Morgan fingerprint density at radius 1 is 1.10 bits per heavy atom. The van der Waals surface area contributed by atoms with Crippen LogP contribution in [0.5, 0.6) is 0 Å². The number of hydrogen-bond donors (Lipinski definition) is 2. The maximum absolute atomic E-state index is 15.6. The summed E-state index contributed by atoms with van der Waals surface area (Å²) >= 11 is 0. The van der Waals surface area contributed by atoms with Gasteiger partial charge in [-0.1, -0.05) is 5.21 Å². The van der Waals surface area contributed by atoms with Gasteiger partial charge in [0.15, 0.2) is 5.65 Å². The summed E-state index contributed by atoms with van der Waals surface area (Å²) in [6.07, 6.45) is 4.82. The average molecular weight is 525 g/mol. The molecule has 0 unspecified atom stereocenters. The van der Waals surface area contributed by atoms with E-state index in [-0.39, 0.29) is 17.5 Å². The normalized spacial score (nSPS) is 15.4. The van der Waals surface area contributed by atoms with Crippen molar-refractivity contribution < 1.29 is 14.0 Å². The Kier molecular flexibility index (Phi) is 6.41. The van der Waals surface area contributed by atoms with Crippen molar-refractivity contribution in [1.29, 1.82) is 0 Å². The molecule has 0 saturated carbocycles. The number of fused-ring (bicyclic) bond motifs is 2. The average Bonchev–Trinajstić information content (AvgIpc) is 3.41. The number of rotatable bonds is 5. The van der Waals surface area contributed by atoms with Crippen molar-refractivity contribution in [3.05, 3.63) is 83.9 Å². The van der Waals surface area contributed by atoms with Gasteiger partial charge in [0.1, 0.15) is 17.2 Å². The van der Waals surface area contributed by atoms with E-state index in [9.17, 15) is 9.59 Å². The summed E-state index contributed by atoms with van der Waals surface area (Å²) in [6.45, 7) is 1.40. The number of carbonyl (C=O) groups excluding carboxylic acids is 2. The van der Waals surface area contributed by atoms with Gasteiger partial charge < -0.3 is 10.6 Å². The van der Waals surface area contributed by atoms with Crippen molar-refractivity contribution in [1.82, 2.24) is 35.6 Å². The van der Waals surface area contributed by atoms with Crippen LogP contribution in [0, 0.1) is 5.82 Å². The highest BCUT2D eigenvalue weighted by Gasteiger charge is 2.31. The molecule has 1 atom stereocenters. The second-order valence-electron chi connectivity index (χ2n) is 9.34. The van der Waals surface area contributed by atoms with Gasteiger partial charge >= 0.3 is 0 Å². The van der Waals surface area contributed by atoms with Crippen LogP contribution >= 0.6 is 0 Å². The van der Waals surface area contributed by atoms with Crippen LogP contribution in [0.4, 0.5) is 10.2 Å². The third-order valence-electron chi connectivity index (χ3n) is 6.95. The van der Waals surface area contributed by atoms with Gasteiger partial charge in [0.25, 0.3) is 11.8 Å². The zero-order valence-electron chi connectivity index (χ0n) is 21.1. The van der Waals surface area contributed by atoms with Crippen LogP contribution < -0.4 is 15.5 Å². The Hall–Kier alpha value is -4.77. The minimum atomic E-state index is -0.687. The summed E-state index contributed by atoms with van der Waals surface area (Å²) in [5.74, 6) is -0.973. The van der Waals surface area contributed by atoms with Crippen LogP contribution in [0.3, 0.4) is 0 Å². The second-order valence-corrected chi connectivity index (χ2v) is 9.34. The number of piperidine rings is 1. The zero-order chi connectivity index (χ0) is 26.9.